The Balaban J connectivity index is -0.0000000341. The summed E-state index contributed by atoms with van der Waals surface area (Å²) in [5.41, 5.74) is 0. The zero-order valence-corrected chi connectivity index (χ0v) is 17.6. The van der Waals surface area contributed by atoms with Crippen LogP contribution in [0.4, 0.5) is 0 Å². The minimum Gasteiger partial charge on any atom is -0.481 e. The van der Waals surface area contributed by atoms with E-state index in [9.17, 15) is 0 Å². The Morgan fingerprint density at radius 3 is 0.692 bits per heavy atom. The molecule has 0 aromatic heterocycles. The van der Waals surface area contributed by atoms with Crippen molar-refractivity contribution in [3.63, 3.8) is 0 Å². The van der Waals surface area contributed by atoms with Gasteiger partial charge >= 0.3 is 0 Å². The number of hydrogen-bond donors (Lipinski definition) is 5. The van der Waals surface area contributed by atoms with E-state index in [0.29, 0.717) is 26.4 Å². The van der Waals surface area contributed by atoms with Crippen LogP contribution in [0.15, 0.2) is 0 Å². The lowest BCUT2D eigenvalue weighted by molar-refractivity contribution is -0.134. The monoisotopic (exact) mass is 392 g/mol. The van der Waals surface area contributed by atoms with Crippen LogP contribution in [-0.4, -0.2) is 68.9 Å². The SMILES string of the molecule is CC(=O)O.CCCCO.CCCCO.CCCCO.CCCCO.O.O. The molecule has 0 saturated heterocycles. The summed E-state index contributed by atoms with van der Waals surface area (Å²) >= 11 is 0. The van der Waals surface area contributed by atoms with Crippen LogP contribution >= 0.6 is 0 Å². The quantitative estimate of drug-likeness (QED) is 0.417. The van der Waals surface area contributed by atoms with Gasteiger partial charge in [-0.1, -0.05) is 53.4 Å². The Labute approximate surface area is 160 Å². The van der Waals surface area contributed by atoms with Crippen LogP contribution in [0.25, 0.3) is 0 Å². The van der Waals surface area contributed by atoms with Gasteiger partial charge in [-0.05, 0) is 25.7 Å². The predicted octanol–water partition coefficient (Wildman–Crippen LogP) is 1.56. The summed E-state index contributed by atoms with van der Waals surface area (Å²) in [5.74, 6) is -0.833. The fourth-order valence-electron chi connectivity index (χ4n) is 0.632. The number of carbonyl (C=O) groups is 1. The molecule has 0 aliphatic rings. The number of aliphatic hydroxyl groups is 4. The van der Waals surface area contributed by atoms with E-state index >= 15 is 0 Å². The van der Waals surface area contributed by atoms with Gasteiger partial charge in [-0.15, -0.1) is 0 Å². The van der Waals surface area contributed by atoms with Crippen LogP contribution in [0.3, 0.4) is 0 Å². The lowest BCUT2D eigenvalue weighted by Gasteiger charge is -1.79. The van der Waals surface area contributed by atoms with E-state index in [4.69, 9.17) is 30.3 Å². The largest absolute Gasteiger partial charge is 0.481 e. The van der Waals surface area contributed by atoms with Crippen molar-refractivity contribution in [1.29, 1.82) is 0 Å². The highest BCUT2D eigenvalue weighted by molar-refractivity contribution is 5.62. The van der Waals surface area contributed by atoms with Crippen molar-refractivity contribution >= 4 is 5.97 Å². The Morgan fingerprint density at radius 1 is 0.577 bits per heavy atom. The van der Waals surface area contributed by atoms with Crippen LogP contribution in [-0.2, 0) is 4.79 Å². The molecule has 0 atom stereocenters. The molecule has 0 rings (SSSR count). The van der Waals surface area contributed by atoms with Gasteiger partial charge in [-0.2, -0.15) is 0 Å². The maximum Gasteiger partial charge on any atom is 0.300 e. The lowest BCUT2D eigenvalue weighted by atomic mass is 10.4. The van der Waals surface area contributed by atoms with E-state index in [0.717, 1.165) is 58.3 Å². The fraction of sp³-hybridized carbons (Fsp3) is 0.944. The smallest absolute Gasteiger partial charge is 0.300 e. The van der Waals surface area contributed by atoms with Gasteiger partial charge in [0.25, 0.3) is 5.97 Å². The van der Waals surface area contributed by atoms with Gasteiger partial charge in [0.2, 0.25) is 0 Å². The summed E-state index contributed by atoms with van der Waals surface area (Å²) in [4.78, 5) is 9.00. The number of carboxylic acids is 1. The normalized spacial score (nSPS) is 7.42. The van der Waals surface area contributed by atoms with Crippen LogP contribution in [0.1, 0.15) is 86.0 Å². The summed E-state index contributed by atoms with van der Waals surface area (Å²) in [6.45, 7) is 10.7. The fourth-order valence-corrected chi connectivity index (χ4v) is 0.632. The molecule has 0 aromatic rings. The minimum absolute atomic E-state index is 0. The summed E-state index contributed by atoms with van der Waals surface area (Å²) in [6.07, 6.45) is 8.15. The molecule has 0 aromatic carbocycles. The first-order valence-corrected chi connectivity index (χ1v) is 9.02. The molecule has 0 heterocycles. The molecule has 0 fully saturated rings. The number of unbranched alkanes of at least 4 members (excludes halogenated alkanes) is 4. The highest BCUT2D eigenvalue weighted by Crippen LogP contribution is 1.80. The molecule has 8 nitrogen and oxygen atoms in total. The molecule has 168 valence electrons. The van der Waals surface area contributed by atoms with Gasteiger partial charge < -0.3 is 36.5 Å². The zero-order chi connectivity index (χ0) is 20.1. The molecule has 8 heteroatoms. The van der Waals surface area contributed by atoms with Crippen molar-refractivity contribution in [3.8, 4) is 0 Å². The van der Waals surface area contributed by atoms with Crippen LogP contribution in [0.5, 0.6) is 0 Å². The topological polar surface area (TPSA) is 181 Å². The van der Waals surface area contributed by atoms with E-state index in [2.05, 4.69) is 27.7 Å². The van der Waals surface area contributed by atoms with E-state index in [1.54, 1.807) is 0 Å². The van der Waals surface area contributed by atoms with Crippen LogP contribution in [0.2, 0.25) is 0 Å². The summed E-state index contributed by atoms with van der Waals surface area (Å²) in [6, 6.07) is 0. The molecule has 9 N–H and O–H groups in total. The van der Waals surface area contributed by atoms with Crippen molar-refractivity contribution in [2.45, 2.75) is 86.0 Å². The Bertz CT molecular complexity index is 133. The summed E-state index contributed by atoms with van der Waals surface area (Å²) in [5, 5.41) is 39.7. The van der Waals surface area contributed by atoms with E-state index in [-0.39, 0.29) is 11.0 Å². The van der Waals surface area contributed by atoms with E-state index < -0.39 is 5.97 Å². The number of aliphatic hydroxyl groups excluding tert-OH is 4. The van der Waals surface area contributed by atoms with E-state index in [1.807, 2.05) is 0 Å². The van der Waals surface area contributed by atoms with Crippen molar-refractivity contribution < 1.29 is 41.3 Å². The Morgan fingerprint density at radius 2 is 0.692 bits per heavy atom. The summed E-state index contributed by atoms with van der Waals surface area (Å²) in [7, 11) is 0. The number of carboxylic acid groups (broad SMARTS) is 1. The summed E-state index contributed by atoms with van der Waals surface area (Å²) < 4.78 is 0. The van der Waals surface area contributed by atoms with Crippen molar-refractivity contribution in [2.75, 3.05) is 26.4 Å². The first-order chi connectivity index (χ1) is 11.4. The third-order valence-electron chi connectivity index (χ3n) is 2.05. The average Bonchev–Trinajstić information content (AvgIpc) is 2.52. The maximum atomic E-state index is 9.00. The number of rotatable bonds is 8. The molecule has 0 unspecified atom stereocenters. The highest BCUT2D eigenvalue weighted by atomic mass is 16.4. The lowest BCUT2D eigenvalue weighted by Crippen LogP contribution is -1.78. The molecule has 0 bridgehead atoms. The number of aliphatic carboxylic acids is 1. The third-order valence-corrected chi connectivity index (χ3v) is 2.05. The highest BCUT2D eigenvalue weighted by Gasteiger charge is 1.70. The van der Waals surface area contributed by atoms with Gasteiger partial charge in [0.15, 0.2) is 0 Å². The molecule has 0 aliphatic carbocycles. The second-order valence-corrected chi connectivity index (χ2v) is 4.83. The molecule has 0 saturated carbocycles. The van der Waals surface area contributed by atoms with Gasteiger partial charge in [0, 0.05) is 33.4 Å². The van der Waals surface area contributed by atoms with Crippen molar-refractivity contribution in [2.24, 2.45) is 0 Å². The zero-order valence-electron chi connectivity index (χ0n) is 17.6. The average molecular weight is 393 g/mol. The van der Waals surface area contributed by atoms with Gasteiger partial charge in [-0.25, -0.2) is 0 Å². The Hall–Kier alpha value is -0.770. The Kier molecular flexibility index (Phi) is 111. The van der Waals surface area contributed by atoms with Gasteiger partial charge in [-0.3, -0.25) is 4.79 Å². The van der Waals surface area contributed by atoms with Crippen molar-refractivity contribution in [1.82, 2.24) is 0 Å². The minimum atomic E-state index is -0.833. The molecular formula is C18H48O8. The molecule has 0 spiro atoms. The molecule has 0 aliphatic heterocycles. The molecule has 0 amide bonds. The standard InChI is InChI=1S/4C4H10O.C2H4O2.2H2O/c4*1-2-3-4-5;1-2(3)4;;/h4*5H,2-4H2,1H3;1H3,(H,3,4);2*1H2. The van der Waals surface area contributed by atoms with Crippen LogP contribution in [0, 0.1) is 0 Å². The molecular weight excluding hydrogens is 344 g/mol. The second kappa shape index (κ2) is 64.6. The number of hydrogen-bond acceptors (Lipinski definition) is 5. The van der Waals surface area contributed by atoms with Crippen molar-refractivity contribution in [3.05, 3.63) is 0 Å². The first-order valence-electron chi connectivity index (χ1n) is 9.02. The van der Waals surface area contributed by atoms with Crippen LogP contribution < -0.4 is 0 Å². The predicted molar refractivity (Wildman–Crippen MR) is 109 cm³/mol. The second-order valence-electron chi connectivity index (χ2n) is 4.83. The van der Waals surface area contributed by atoms with Gasteiger partial charge in [0.1, 0.15) is 0 Å². The van der Waals surface area contributed by atoms with E-state index in [1.165, 1.54) is 0 Å². The molecule has 26 heavy (non-hydrogen) atoms. The van der Waals surface area contributed by atoms with Gasteiger partial charge in [0.05, 0.1) is 0 Å². The first kappa shape index (κ1) is 44.6. The molecule has 0 radical (unpaired) electrons. The maximum absolute atomic E-state index is 9.00. The third kappa shape index (κ3) is 220.